The largest absolute Gasteiger partial charge is 0.416 e. The first-order valence-corrected chi connectivity index (χ1v) is 10.9. The van der Waals surface area contributed by atoms with Gasteiger partial charge in [-0.05, 0) is 73.7 Å². The van der Waals surface area contributed by atoms with Crippen molar-refractivity contribution in [1.29, 1.82) is 0 Å². The highest BCUT2D eigenvalue weighted by Crippen LogP contribution is 2.36. The van der Waals surface area contributed by atoms with Crippen LogP contribution in [0.25, 0.3) is 0 Å². The van der Waals surface area contributed by atoms with Gasteiger partial charge in [-0.2, -0.15) is 26.3 Å². The number of aryl methyl sites for hydroxylation is 1. The Labute approximate surface area is 192 Å². The van der Waals surface area contributed by atoms with E-state index in [1.165, 1.54) is 15.9 Å². The molecule has 1 fully saturated rings. The Morgan fingerprint density at radius 1 is 0.794 bits per heavy atom. The van der Waals surface area contributed by atoms with Crippen LogP contribution in [0.3, 0.4) is 0 Å². The molecular formula is C24H22F6N2O2. The number of piperidine rings is 1. The molecule has 2 aliphatic heterocycles. The Hall–Kier alpha value is -3.04. The molecule has 182 valence electrons. The van der Waals surface area contributed by atoms with Gasteiger partial charge in [-0.15, -0.1) is 0 Å². The van der Waals surface area contributed by atoms with Gasteiger partial charge < -0.3 is 9.80 Å². The number of likely N-dealkylation sites (tertiary alicyclic amines) is 1. The van der Waals surface area contributed by atoms with E-state index in [9.17, 15) is 35.9 Å². The molecule has 2 amide bonds. The lowest BCUT2D eigenvalue weighted by molar-refractivity contribution is -0.138. The predicted octanol–water partition coefficient (Wildman–Crippen LogP) is 5.56. The molecule has 0 aliphatic carbocycles. The molecule has 4 rings (SSSR count). The molecule has 0 aromatic heterocycles. The highest BCUT2D eigenvalue weighted by molar-refractivity contribution is 5.97. The van der Waals surface area contributed by atoms with E-state index in [-0.39, 0.29) is 30.5 Å². The fraction of sp³-hybridized carbons (Fsp3) is 0.417. The first kappa shape index (κ1) is 24.1. The Bertz CT molecular complexity index is 1070. The van der Waals surface area contributed by atoms with E-state index < -0.39 is 29.4 Å². The monoisotopic (exact) mass is 484 g/mol. The van der Waals surface area contributed by atoms with E-state index >= 15 is 0 Å². The van der Waals surface area contributed by atoms with Crippen LogP contribution in [0.1, 0.15) is 46.3 Å². The van der Waals surface area contributed by atoms with E-state index in [4.69, 9.17) is 0 Å². The highest BCUT2D eigenvalue weighted by atomic mass is 19.4. The average molecular weight is 484 g/mol. The minimum absolute atomic E-state index is 0.142. The molecule has 0 atom stereocenters. The standard InChI is InChI=1S/C24H22F6N2O2/c25-23(26,27)18-5-3-15(4-6-18)21(33)31-12-9-16(10-13-31)22(34)32-11-1-2-17-14-19(24(28,29)30)7-8-20(17)32/h3-8,14,16H,1-2,9-13H2. The maximum atomic E-state index is 13.2. The summed E-state index contributed by atoms with van der Waals surface area (Å²) < 4.78 is 77.3. The summed E-state index contributed by atoms with van der Waals surface area (Å²) in [6, 6.07) is 7.43. The number of carbonyl (C=O) groups excluding carboxylic acids is 2. The summed E-state index contributed by atoms with van der Waals surface area (Å²) in [5.41, 5.74) is -0.451. The zero-order chi connectivity index (χ0) is 24.7. The summed E-state index contributed by atoms with van der Waals surface area (Å²) >= 11 is 0. The topological polar surface area (TPSA) is 40.6 Å². The second kappa shape index (κ2) is 8.96. The summed E-state index contributed by atoms with van der Waals surface area (Å²) in [5.74, 6) is -0.963. The van der Waals surface area contributed by atoms with Crippen LogP contribution in [-0.2, 0) is 23.6 Å². The van der Waals surface area contributed by atoms with E-state index in [1.54, 1.807) is 0 Å². The number of anilines is 1. The van der Waals surface area contributed by atoms with Gasteiger partial charge in [0.15, 0.2) is 0 Å². The first-order valence-electron chi connectivity index (χ1n) is 10.9. The van der Waals surface area contributed by atoms with Crippen LogP contribution in [0, 0.1) is 5.92 Å². The van der Waals surface area contributed by atoms with Gasteiger partial charge in [0.25, 0.3) is 5.91 Å². The SMILES string of the molecule is O=C(c1ccc(C(F)(F)F)cc1)N1CCC(C(=O)N2CCCc3cc(C(F)(F)F)ccc32)CC1. The van der Waals surface area contributed by atoms with Gasteiger partial charge in [-0.25, -0.2) is 0 Å². The zero-order valence-corrected chi connectivity index (χ0v) is 18.0. The van der Waals surface area contributed by atoms with Gasteiger partial charge in [0.05, 0.1) is 11.1 Å². The van der Waals surface area contributed by atoms with Crippen molar-refractivity contribution in [3.05, 3.63) is 64.7 Å². The van der Waals surface area contributed by atoms with Crippen LogP contribution in [0.2, 0.25) is 0 Å². The van der Waals surface area contributed by atoms with Gasteiger partial charge in [0.2, 0.25) is 5.91 Å². The van der Waals surface area contributed by atoms with Crippen molar-refractivity contribution in [3.63, 3.8) is 0 Å². The lowest BCUT2D eigenvalue weighted by Gasteiger charge is -2.36. The third-order valence-corrected chi connectivity index (χ3v) is 6.38. The van der Waals surface area contributed by atoms with Gasteiger partial charge in [-0.3, -0.25) is 9.59 Å². The summed E-state index contributed by atoms with van der Waals surface area (Å²) in [6.45, 7) is 0.954. The Balaban J connectivity index is 1.40. The zero-order valence-electron chi connectivity index (χ0n) is 18.0. The quantitative estimate of drug-likeness (QED) is 0.524. The Morgan fingerprint density at radius 3 is 1.97 bits per heavy atom. The summed E-state index contributed by atoms with van der Waals surface area (Å²) in [6.07, 6.45) is -7.17. The molecule has 2 heterocycles. The molecule has 1 saturated heterocycles. The average Bonchev–Trinajstić information content (AvgIpc) is 2.81. The maximum Gasteiger partial charge on any atom is 0.416 e. The van der Waals surface area contributed by atoms with Gasteiger partial charge in [0, 0.05) is 36.8 Å². The van der Waals surface area contributed by atoms with Crippen LogP contribution in [0.5, 0.6) is 0 Å². The summed E-state index contributed by atoms with van der Waals surface area (Å²) in [5, 5.41) is 0. The Kier molecular flexibility index (Phi) is 6.35. The van der Waals surface area contributed by atoms with Crippen molar-refractivity contribution in [3.8, 4) is 0 Å². The minimum atomic E-state index is -4.48. The summed E-state index contributed by atoms with van der Waals surface area (Å²) in [4.78, 5) is 28.9. The number of alkyl halides is 6. The van der Waals surface area contributed by atoms with E-state index in [0.717, 1.165) is 36.4 Å². The van der Waals surface area contributed by atoms with Gasteiger partial charge >= 0.3 is 12.4 Å². The van der Waals surface area contributed by atoms with Crippen molar-refractivity contribution in [2.24, 2.45) is 5.92 Å². The number of amides is 2. The maximum absolute atomic E-state index is 13.2. The lowest BCUT2D eigenvalue weighted by Crippen LogP contribution is -2.45. The third-order valence-electron chi connectivity index (χ3n) is 6.38. The smallest absolute Gasteiger partial charge is 0.339 e. The van der Waals surface area contributed by atoms with Gasteiger partial charge in [-0.1, -0.05) is 0 Å². The van der Waals surface area contributed by atoms with Crippen LogP contribution in [0.4, 0.5) is 32.0 Å². The second-order valence-electron chi connectivity index (χ2n) is 8.58. The van der Waals surface area contributed by atoms with Gasteiger partial charge in [0.1, 0.15) is 0 Å². The van der Waals surface area contributed by atoms with E-state index in [2.05, 4.69) is 0 Å². The molecule has 0 N–H and O–H groups in total. The summed E-state index contributed by atoms with van der Waals surface area (Å²) in [7, 11) is 0. The van der Waals surface area contributed by atoms with Crippen molar-refractivity contribution in [2.45, 2.75) is 38.0 Å². The fourth-order valence-electron chi connectivity index (χ4n) is 4.54. The molecule has 0 radical (unpaired) electrons. The number of carbonyl (C=O) groups is 2. The predicted molar refractivity (Wildman–Crippen MR) is 112 cm³/mol. The molecule has 34 heavy (non-hydrogen) atoms. The molecule has 0 spiro atoms. The minimum Gasteiger partial charge on any atom is -0.339 e. The van der Waals surface area contributed by atoms with Crippen LogP contribution in [0.15, 0.2) is 42.5 Å². The van der Waals surface area contributed by atoms with E-state index in [0.29, 0.717) is 43.5 Å². The number of fused-ring (bicyclic) bond motifs is 1. The number of rotatable bonds is 2. The van der Waals surface area contributed by atoms with E-state index in [1.807, 2.05) is 0 Å². The number of nitrogens with zero attached hydrogens (tertiary/aromatic N) is 2. The molecule has 0 bridgehead atoms. The lowest BCUT2D eigenvalue weighted by atomic mass is 9.92. The van der Waals surface area contributed by atoms with Crippen LogP contribution in [-0.4, -0.2) is 36.3 Å². The number of hydrogen-bond donors (Lipinski definition) is 0. The molecule has 10 heteroatoms. The van der Waals surface area contributed by atoms with Crippen molar-refractivity contribution in [2.75, 3.05) is 24.5 Å². The number of hydrogen-bond acceptors (Lipinski definition) is 2. The highest BCUT2D eigenvalue weighted by Gasteiger charge is 2.36. The Morgan fingerprint density at radius 2 is 1.38 bits per heavy atom. The van der Waals surface area contributed by atoms with Crippen molar-refractivity contribution in [1.82, 2.24) is 4.90 Å². The number of halogens is 6. The molecule has 0 unspecified atom stereocenters. The molecule has 2 aromatic carbocycles. The molecule has 2 aromatic rings. The van der Waals surface area contributed by atoms with Crippen LogP contribution >= 0.6 is 0 Å². The molecule has 0 saturated carbocycles. The molecule has 4 nitrogen and oxygen atoms in total. The molecule has 2 aliphatic rings. The van der Waals surface area contributed by atoms with Crippen molar-refractivity contribution >= 4 is 17.5 Å². The fourth-order valence-corrected chi connectivity index (χ4v) is 4.54. The van der Waals surface area contributed by atoms with Crippen molar-refractivity contribution < 1.29 is 35.9 Å². The second-order valence-corrected chi connectivity index (χ2v) is 8.58. The number of benzene rings is 2. The van der Waals surface area contributed by atoms with Crippen LogP contribution < -0.4 is 4.90 Å². The molecular weight excluding hydrogens is 462 g/mol. The first-order chi connectivity index (χ1) is 15.9. The third kappa shape index (κ3) is 4.90. The normalized spacial score (nSPS) is 17.5.